The van der Waals surface area contributed by atoms with Gasteiger partial charge in [-0.1, -0.05) is 56.3 Å². The van der Waals surface area contributed by atoms with Crippen LogP contribution in [0.2, 0.25) is 0 Å². The molecule has 0 radical (unpaired) electrons. The van der Waals surface area contributed by atoms with Crippen LogP contribution in [0.15, 0.2) is 36.4 Å². The van der Waals surface area contributed by atoms with Crippen molar-refractivity contribution >= 4 is 39.9 Å². The molecule has 13 heteroatoms. The molecule has 2 rings (SSSR count). The van der Waals surface area contributed by atoms with Crippen LogP contribution in [0.3, 0.4) is 0 Å². The third-order valence-electron chi connectivity index (χ3n) is 6.78. The Morgan fingerprint density at radius 1 is 1.10 bits per heavy atom. The van der Waals surface area contributed by atoms with Crippen molar-refractivity contribution in [1.29, 1.82) is 0 Å². The third-order valence-corrected chi connectivity index (χ3v) is 7.86. The zero-order valence-corrected chi connectivity index (χ0v) is 24.1. The molecule has 0 aliphatic carbocycles. The van der Waals surface area contributed by atoms with E-state index >= 15 is 0 Å². The van der Waals surface area contributed by atoms with Crippen LogP contribution in [0.25, 0.3) is 6.08 Å². The molecular weight excluding hydrogens is 526 g/mol. The van der Waals surface area contributed by atoms with E-state index < -0.39 is 51.2 Å². The monoisotopic (exact) mass is 565 g/mol. The number of hydrogen-bond donors (Lipinski definition) is 3. The zero-order chi connectivity index (χ0) is 29.5. The lowest BCUT2D eigenvalue weighted by molar-refractivity contribution is -0.142. The van der Waals surface area contributed by atoms with Gasteiger partial charge >= 0.3 is 6.03 Å². The van der Waals surface area contributed by atoms with Gasteiger partial charge in [-0.05, 0) is 38.2 Å². The Hall–Kier alpha value is -3.29. The molecule has 0 bridgehead atoms. The lowest BCUT2D eigenvalue weighted by Gasteiger charge is -2.29. The number of hydrazine groups is 1. The number of nitrogens with one attached hydrogen (secondary N) is 2. The standard InChI is InChI=1S/C26H39N5O7S/c1-18(2)17-21(20(23(33)28-36)14-10-13-19-11-8-7-9-12-19)22(32)27-31(39(6,37)38)16-15-30-24(34)26(3,4)29(5)25(30)35/h7-13,18,20-21,36H,14-17H2,1-6H3,(H,27,32)(H,28,33)/b13-10+/t20-,21+/m0/s1. The van der Waals surface area contributed by atoms with Crippen LogP contribution in [0, 0.1) is 17.8 Å². The minimum Gasteiger partial charge on any atom is -0.313 e. The number of amides is 5. The van der Waals surface area contributed by atoms with Gasteiger partial charge < -0.3 is 4.90 Å². The van der Waals surface area contributed by atoms with E-state index in [4.69, 9.17) is 0 Å². The molecule has 1 fully saturated rings. The SMILES string of the molecule is CC(C)C[C@@H](C(=O)NN(CCN1C(=O)N(C)C(C)(C)C1=O)S(C)(=O)=O)[C@H](C/C=C/c1ccccc1)C(=O)NO. The zero-order valence-electron chi connectivity index (χ0n) is 23.2. The van der Waals surface area contributed by atoms with E-state index in [2.05, 4.69) is 5.43 Å². The molecule has 1 aromatic rings. The fourth-order valence-corrected chi connectivity index (χ4v) is 4.96. The van der Waals surface area contributed by atoms with Crippen LogP contribution in [0.1, 0.15) is 46.1 Å². The Morgan fingerprint density at radius 2 is 1.72 bits per heavy atom. The summed E-state index contributed by atoms with van der Waals surface area (Å²) in [5.74, 6) is -4.06. The Morgan fingerprint density at radius 3 is 2.21 bits per heavy atom. The predicted molar refractivity (Wildman–Crippen MR) is 145 cm³/mol. The number of carbonyl (C=O) groups is 4. The second-order valence-corrected chi connectivity index (χ2v) is 12.4. The Bertz CT molecular complexity index is 1180. The first-order chi connectivity index (χ1) is 18.1. The predicted octanol–water partition coefficient (Wildman–Crippen LogP) is 1.84. The number of allylic oxidation sites excluding steroid dienone is 1. The molecule has 0 aromatic heterocycles. The number of sulfonamides is 1. The van der Waals surface area contributed by atoms with Crippen molar-refractivity contribution in [3.8, 4) is 0 Å². The Labute approximate surface area is 230 Å². The molecule has 2 atom stereocenters. The quantitative estimate of drug-likeness (QED) is 0.187. The van der Waals surface area contributed by atoms with Gasteiger partial charge in [0, 0.05) is 13.6 Å². The number of hydroxylamine groups is 1. The molecule has 1 aliphatic heterocycles. The van der Waals surface area contributed by atoms with Gasteiger partial charge in [0.15, 0.2) is 0 Å². The Kier molecular flexibility index (Phi) is 10.8. The minimum absolute atomic E-state index is 0.0443. The van der Waals surface area contributed by atoms with Gasteiger partial charge in [-0.3, -0.25) is 29.9 Å². The number of urea groups is 1. The molecule has 1 aromatic carbocycles. The number of imide groups is 1. The minimum atomic E-state index is -4.02. The van der Waals surface area contributed by atoms with E-state index in [1.807, 2.05) is 44.2 Å². The van der Waals surface area contributed by atoms with E-state index in [1.165, 1.54) is 11.9 Å². The number of rotatable bonds is 13. The van der Waals surface area contributed by atoms with Gasteiger partial charge in [-0.2, -0.15) is 0 Å². The van der Waals surface area contributed by atoms with Gasteiger partial charge in [-0.15, -0.1) is 4.41 Å². The molecule has 0 unspecified atom stereocenters. The maximum Gasteiger partial charge on any atom is 0.327 e. The first kappa shape index (κ1) is 31.9. The van der Waals surface area contributed by atoms with E-state index in [0.717, 1.165) is 16.7 Å². The summed E-state index contributed by atoms with van der Waals surface area (Å²) in [6.45, 7) is 6.20. The van der Waals surface area contributed by atoms with Crippen LogP contribution in [-0.4, -0.2) is 83.5 Å². The van der Waals surface area contributed by atoms with Gasteiger partial charge in [0.2, 0.25) is 21.8 Å². The average molecular weight is 566 g/mol. The summed E-state index contributed by atoms with van der Waals surface area (Å²) in [6, 6.07) is 8.74. The van der Waals surface area contributed by atoms with Crippen molar-refractivity contribution in [1.82, 2.24) is 25.1 Å². The van der Waals surface area contributed by atoms with Crippen molar-refractivity contribution in [2.45, 2.75) is 46.1 Å². The summed E-state index contributed by atoms with van der Waals surface area (Å²) < 4.78 is 25.8. The van der Waals surface area contributed by atoms with Crippen molar-refractivity contribution in [3.63, 3.8) is 0 Å². The average Bonchev–Trinajstić information content (AvgIpc) is 3.01. The lowest BCUT2D eigenvalue weighted by atomic mass is 9.82. The van der Waals surface area contributed by atoms with Gasteiger partial charge in [0.1, 0.15) is 5.54 Å². The van der Waals surface area contributed by atoms with Crippen LogP contribution in [0.4, 0.5) is 4.79 Å². The fraction of sp³-hybridized carbons (Fsp3) is 0.538. The highest BCUT2D eigenvalue weighted by Gasteiger charge is 2.49. The van der Waals surface area contributed by atoms with Crippen LogP contribution in [0.5, 0.6) is 0 Å². The van der Waals surface area contributed by atoms with Gasteiger partial charge in [0.25, 0.3) is 5.91 Å². The molecule has 1 aliphatic rings. The first-order valence-electron chi connectivity index (χ1n) is 12.6. The van der Waals surface area contributed by atoms with E-state index in [-0.39, 0.29) is 31.8 Å². The normalized spacial score (nSPS) is 17.3. The van der Waals surface area contributed by atoms with E-state index in [9.17, 15) is 32.8 Å². The molecule has 39 heavy (non-hydrogen) atoms. The highest BCUT2D eigenvalue weighted by atomic mass is 32.2. The molecule has 216 valence electrons. The number of carbonyl (C=O) groups excluding carboxylic acids is 4. The summed E-state index contributed by atoms with van der Waals surface area (Å²) in [5.41, 5.74) is 3.79. The Balaban J connectivity index is 2.26. The molecular formula is C26H39N5O7S. The maximum atomic E-state index is 13.5. The third kappa shape index (κ3) is 8.10. The molecule has 12 nitrogen and oxygen atoms in total. The number of benzene rings is 1. The smallest absolute Gasteiger partial charge is 0.313 e. The first-order valence-corrected chi connectivity index (χ1v) is 14.5. The summed E-state index contributed by atoms with van der Waals surface area (Å²) in [6.07, 6.45) is 4.71. The van der Waals surface area contributed by atoms with Gasteiger partial charge in [0.05, 0.1) is 24.6 Å². The highest BCUT2D eigenvalue weighted by Crippen LogP contribution is 2.27. The van der Waals surface area contributed by atoms with Crippen LogP contribution >= 0.6 is 0 Å². The van der Waals surface area contributed by atoms with E-state index in [1.54, 1.807) is 31.5 Å². The molecule has 1 heterocycles. The largest absolute Gasteiger partial charge is 0.327 e. The molecule has 5 amide bonds. The second kappa shape index (κ2) is 13.2. The number of likely N-dealkylation sites (N-methyl/N-ethyl adjacent to an activating group) is 1. The van der Waals surface area contributed by atoms with Gasteiger partial charge in [-0.25, -0.2) is 18.7 Å². The summed E-state index contributed by atoms with van der Waals surface area (Å²) in [7, 11) is -2.54. The van der Waals surface area contributed by atoms with Crippen LogP contribution in [-0.2, 0) is 24.4 Å². The summed E-state index contributed by atoms with van der Waals surface area (Å²) >= 11 is 0. The molecule has 3 N–H and O–H groups in total. The lowest BCUT2D eigenvalue weighted by Crippen LogP contribution is -2.53. The summed E-state index contributed by atoms with van der Waals surface area (Å²) in [5, 5.41) is 9.38. The highest BCUT2D eigenvalue weighted by molar-refractivity contribution is 7.88. The van der Waals surface area contributed by atoms with Crippen molar-refractivity contribution in [2.75, 3.05) is 26.4 Å². The maximum absolute atomic E-state index is 13.5. The number of hydrogen-bond acceptors (Lipinski definition) is 7. The van der Waals surface area contributed by atoms with Crippen molar-refractivity contribution in [2.24, 2.45) is 17.8 Å². The molecule has 0 saturated carbocycles. The van der Waals surface area contributed by atoms with E-state index in [0.29, 0.717) is 4.41 Å². The molecule has 0 spiro atoms. The van der Waals surface area contributed by atoms with Crippen molar-refractivity contribution in [3.05, 3.63) is 42.0 Å². The molecule has 1 saturated heterocycles. The topological polar surface area (TPSA) is 156 Å². The van der Waals surface area contributed by atoms with Crippen molar-refractivity contribution < 1.29 is 32.8 Å². The second-order valence-electron chi connectivity index (χ2n) is 10.5. The summed E-state index contributed by atoms with van der Waals surface area (Å²) in [4.78, 5) is 53.5. The van der Waals surface area contributed by atoms with Crippen LogP contribution < -0.4 is 10.9 Å². The fourth-order valence-electron chi connectivity index (χ4n) is 4.29. The number of nitrogens with zero attached hydrogens (tertiary/aromatic N) is 3.